The summed E-state index contributed by atoms with van der Waals surface area (Å²) in [6.07, 6.45) is -1.40. The van der Waals surface area contributed by atoms with Crippen LogP contribution in [0.4, 0.5) is 4.79 Å². The first-order chi connectivity index (χ1) is 10.6. The standard InChI is InChI=1S/C17H19NO4/c1-18(11-16(20)14-8-5-9-15(19)10-14)17(21)22-12-13-6-3-2-4-7-13/h2-10,16,19-20H,11-12H2,1H3/t16-/m0/s1. The molecule has 22 heavy (non-hydrogen) atoms. The van der Waals surface area contributed by atoms with Gasteiger partial charge < -0.3 is 19.8 Å². The van der Waals surface area contributed by atoms with Gasteiger partial charge in [-0.3, -0.25) is 0 Å². The van der Waals surface area contributed by atoms with E-state index in [1.54, 1.807) is 19.2 Å². The number of phenolic OH excluding ortho intramolecular Hbond substituents is 1. The van der Waals surface area contributed by atoms with Crippen molar-refractivity contribution >= 4 is 6.09 Å². The van der Waals surface area contributed by atoms with Crippen molar-refractivity contribution in [3.05, 3.63) is 65.7 Å². The lowest BCUT2D eigenvalue weighted by atomic mass is 10.1. The maximum Gasteiger partial charge on any atom is 0.409 e. The van der Waals surface area contributed by atoms with Crippen molar-refractivity contribution < 1.29 is 19.7 Å². The summed E-state index contributed by atoms with van der Waals surface area (Å²) in [5, 5.41) is 19.5. The number of phenols is 1. The summed E-state index contributed by atoms with van der Waals surface area (Å²) in [7, 11) is 1.55. The number of likely N-dealkylation sites (N-methyl/N-ethyl adjacent to an activating group) is 1. The van der Waals surface area contributed by atoms with E-state index in [0.29, 0.717) is 5.56 Å². The second kappa shape index (κ2) is 7.47. The molecule has 2 N–H and O–H groups in total. The number of aromatic hydroxyl groups is 1. The van der Waals surface area contributed by atoms with Crippen LogP contribution in [0, 0.1) is 0 Å². The minimum absolute atomic E-state index is 0.0749. The molecule has 2 aromatic rings. The van der Waals surface area contributed by atoms with Crippen LogP contribution in [0.2, 0.25) is 0 Å². The highest BCUT2D eigenvalue weighted by Gasteiger charge is 2.16. The molecule has 0 fully saturated rings. The molecule has 0 spiro atoms. The minimum Gasteiger partial charge on any atom is -0.508 e. The number of aliphatic hydroxyl groups excluding tert-OH is 1. The number of ether oxygens (including phenoxy) is 1. The summed E-state index contributed by atoms with van der Waals surface area (Å²) < 4.78 is 5.18. The molecule has 0 aliphatic carbocycles. The van der Waals surface area contributed by atoms with Crippen LogP contribution in [0.25, 0.3) is 0 Å². The largest absolute Gasteiger partial charge is 0.508 e. The number of aliphatic hydroxyl groups is 1. The summed E-state index contributed by atoms with van der Waals surface area (Å²) >= 11 is 0. The third kappa shape index (κ3) is 4.49. The highest BCUT2D eigenvalue weighted by Crippen LogP contribution is 2.19. The van der Waals surface area contributed by atoms with Gasteiger partial charge in [-0.05, 0) is 23.3 Å². The van der Waals surface area contributed by atoms with E-state index in [9.17, 15) is 15.0 Å². The van der Waals surface area contributed by atoms with Crippen LogP contribution in [0.15, 0.2) is 54.6 Å². The average molecular weight is 301 g/mol. The molecule has 0 heterocycles. The molecule has 1 atom stereocenters. The smallest absolute Gasteiger partial charge is 0.409 e. The zero-order valence-corrected chi connectivity index (χ0v) is 12.3. The van der Waals surface area contributed by atoms with Gasteiger partial charge in [0.2, 0.25) is 0 Å². The van der Waals surface area contributed by atoms with Crippen molar-refractivity contribution in [1.29, 1.82) is 0 Å². The van der Waals surface area contributed by atoms with E-state index in [-0.39, 0.29) is 18.9 Å². The number of nitrogens with zero attached hydrogens (tertiary/aromatic N) is 1. The lowest BCUT2D eigenvalue weighted by Crippen LogP contribution is -2.31. The minimum atomic E-state index is -0.888. The molecule has 0 unspecified atom stereocenters. The van der Waals surface area contributed by atoms with Crippen molar-refractivity contribution in [2.45, 2.75) is 12.7 Å². The SMILES string of the molecule is CN(C[C@H](O)c1cccc(O)c1)C(=O)OCc1ccccc1. The van der Waals surface area contributed by atoms with E-state index in [4.69, 9.17) is 4.74 Å². The van der Waals surface area contributed by atoms with E-state index in [2.05, 4.69) is 0 Å². The zero-order chi connectivity index (χ0) is 15.9. The van der Waals surface area contributed by atoms with Gasteiger partial charge in [-0.25, -0.2) is 4.79 Å². The number of hydrogen-bond acceptors (Lipinski definition) is 4. The van der Waals surface area contributed by atoms with E-state index < -0.39 is 12.2 Å². The molecule has 0 aliphatic rings. The Morgan fingerprint density at radius 2 is 1.91 bits per heavy atom. The Labute approximate surface area is 129 Å². The second-order valence-corrected chi connectivity index (χ2v) is 5.03. The van der Waals surface area contributed by atoms with Gasteiger partial charge >= 0.3 is 6.09 Å². The van der Waals surface area contributed by atoms with Crippen LogP contribution in [0.5, 0.6) is 5.75 Å². The molecular formula is C17H19NO4. The van der Waals surface area contributed by atoms with Crippen LogP contribution >= 0.6 is 0 Å². The number of rotatable bonds is 5. The van der Waals surface area contributed by atoms with Crippen molar-refractivity contribution in [2.24, 2.45) is 0 Å². The third-order valence-corrected chi connectivity index (χ3v) is 3.22. The van der Waals surface area contributed by atoms with E-state index >= 15 is 0 Å². The molecule has 2 aromatic carbocycles. The van der Waals surface area contributed by atoms with Gasteiger partial charge in [-0.2, -0.15) is 0 Å². The molecule has 0 bridgehead atoms. The third-order valence-electron chi connectivity index (χ3n) is 3.22. The molecule has 5 nitrogen and oxygen atoms in total. The molecule has 116 valence electrons. The van der Waals surface area contributed by atoms with Crippen LogP contribution in [-0.4, -0.2) is 34.8 Å². The lowest BCUT2D eigenvalue weighted by molar-refractivity contribution is 0.0787. The van der Waals surface area contributed by atoms with E-state index in [1.165, 1.54) is 17.0 Å². The Hall–Kier alpha value is -2.53. The number of hydrogen-bond donors (Lipinski definition) is 2. The van der Waals surface area contributed by atoms with Gasteiger partial charge in [0.1, 0.15) is 12.4 Å². The predicted octanol–water partition coefficient (Wildman–Crippen LogP) is 2.69. The van der Waals surface area contributed by atoms with Gasteiger partial charge in [0.25, 0.3) is 0 Å². The summed E-state index contributed by atoms with van der Waals surface area (Å²) in [6, 6.07) is 15.7. The Kier molecular flexibility index (Phi) is 5.38. The number of carbonyl (C=O) groups is 1. The summed E-state index contributed by atoms with van der Waals surface area (Å²) in [5.74, 6) is 0.0749. The van der Waals surface area contributed by atoms with Gasteiger partial charge in [-0.1, -0.05) is 42.5 Å². The lowest BCUT2D eigenvalue weighted by Gasteiger charge is -2.20. The molecule has 0 radical (unpaired) electrons. The maximum absolute atomic E-state index is 11.9. The van der Waals surface area contributed by atoms with Gasteiger partial charge in [0.05, 0.1) is 12.6 Å². The zero-order valence-electron chi connectivity index (χ0n) is 12.3. The number of amides is 1. The Morgan fingerprint density at radius 3 is 2.59 bits per heavy atom. The van der Waals surface area contributed by atoms with Crippen molar-refractivity contribution in [1.82, 2.24) is 4.90 Å². The second-order valence-electron chi connectivity index (χ2n) is 5.03. The first kappa shape index (κ1) is 15.9. The highest BCUT2D eigenvalue weighted by molar-refractivity contribution is 5.67. The monoisotopic (exact) mass is 301 g/mol. The van der Waals surface area contributed by atoms with E-state index in [1.807, 2.05) is 30.3 Å². The predicted molar refractivity (Wildman–Crippen MR) is 82.3 cm³/mol. The Bertz CT molecular complexity index is 615. The van der Waals surface area contributed by atoms with Crippen LogP contribution < -0.4 is 0 Å². The molecule has 0 aromatic heterocycles. The molecule has 1 amide bonds. The normalized spacial score (nSPS) is 11.7. The van der Waals surface area contributed by atoms with Crippen molar-refractivity contribution in [3.8, 4) is 5.75 Å². The Balaban J connectivity index is 1.85. The fourth-order valence-electron chi connectivity index (χ4n) is 2.00. The first-order valence-corrected chi connectivity index (χ1v) is 6.95. The fraction of sp³-hybridized carbons (Fsp3) is 0.235. The van der Waals surface area contributed by atoms with Gasteiger partial charge in [-0.15, -0.1) is 0 Å². The van der Waals surface area contributed by atoms with Gasteiger partial charge in [0, 0.05) is 7.05 Å². The van der Waals surface area contributed by atoms with E-state index in [0.717, 1.165) is 5.56 Å². The quantitative estimate of drug-likeness (QED) is 0.891. The topological polar surface area (TPSA) is 70.0 Å². The fourth-order valence-corrected chi connectivity index (χ4v) is 2.00. The average Bonchev–Trinajstić information content (AvgIpc) is 2.53. The molecule has 2 rings (SSSR count). The highest BCUT2D eigenvalue weighted by atomic mass is 16.6. The molecule has 0 saturated heterocycles. The van der Waals surface area contributed by atoms with Crippen molar-refractivity contribution in [3.63, 3.8) is 0 Å². The molecule has 0 aliphatic heterocycles. The maximum atomic E-state index is 11.9. The summed E-state index contributed by atoms with van der Waals surface area (Å²) in [6.45, 7) is 0.267. The molecule has 0 saturated carbocycles. The summed E-state index contributed by atoms with van der Waals surface area (Å²) in [5.41, 5.74) is 1.44. The summed E-state index contributed by atoms with van der Waals surface area (Å²) in [4.78, 5) is 13.2. The Morgan fingerprint density at radius 1 is 1.18 bits per heavy atom. The number of carbonyl (C=O) groups excluding carboxylic acids is 1. The van der Waals surface area contributed by atoms with Crippen LogP contribution in [-0.2, 0) is 11.3 Å². The molecule has 5 heteroatoms. The van der Waals surface area contributed by atoms with Crippen LogP contribution in [0.1, 0.15) is 17.2 Å². The molecular weight excluding hydrogens is 282 g/mol. The number of benzene rings is 2. The van der Waals surface area contributed by atoms with Crippen molar-refractivity contribution in [2.75, 3.05) is 13.6 Å². The van der Waals surface area contributed by atoms with Crippen LogP contribution in [0.3, 0.4) is 0 Å². The first-order valence-electron chi connectivity index (χ1n) is 6.95. The van der Waals surface area contributed by atoms with Gasteiger partial charge in [0.15, 0.2) is 0 Å².